The van der Waals surface area contributed by atoms with Crippen molar-refractivity contribution in [3.8, 4) is 0 Å². The van der Waals surface area contributed by atoms with E-state index in [9.17, 15) is 22.4 Å². The van der Waals surface area contributed by atoms with Gasteiger partial charge in [-0.05, 0) is 30.2 Å². The molecule has 1 saturated heterocycles. The molecule has 0 aromatic heterocycles. The molecule has 0 bridgehead atoms. The van der Waals surface area contributed by atoms with Crippen molar-refractivity contribution in [3.63, 3.8) is 0 Å². The quantitative estimate of drug-likeness (QED) is 0.867. The van der Waals surface area contributed by atoms with Gasteiger partial charge >= 0.3 is 6.18 Å². The van der Waals surface area contributed by atoms with Crippen LogP contribution in [0.3, 0.4) is 0 Å². The van der Waals surface area contributed by atoms with Crippen molar-refractivity contribution in [2.45, 2.75) is 19.1 Å². The van der Waals surface area contributed by atoms with Crippen molar-refractivity contribution in [1.82, 2.24) is 4.90 Å². The number of carbonyl (C=O) groups is 1. The minimum atomic E-state index is -4.65. The Kier molecular flexibility index (Phi) is 3.99. The average Bonchev–Trinajstić information content (AvgIpc) is 2.71. The summed E-state index contributed by atoms with van der Waals surface area (Å²) in [6, 6.07) is 2.49. The Morgan fingerprint density at radius 3 is 2.60 bits per heavy atom. The second kappa shape index (κ2) is 5.40. The maximum Gasteiger partial charge on any atom is 0.416 e. The van der Waals surface area contributed by atoms with Crippen molar-refractivity contribution >= 4 is 5.91 Å². The summed E-state index contributed by atoms with van der Waals surface area (Å²) in [6.45, 7) is 0.478. The topological polar surface area (TPSA) is 46.3 Å². The molecule has 7 heteroatoms. The predicted molar refractivity (Wildman–Crippen MR) is 64.0 cm³/mol. The number of benzene rings is 1. The molecule has 3 nitrogen and oxygen atoms in total. The molecule has 0 saturated carbocycles. The van der Waals surface area contributed by atoms with E-state index in [1.807, 2.05) is 0 Å². The van der Waals surface area contributed by atoms with Crippen LogP contribution in [-0.4, -0.2) is 23.9 Å². The van der Waals surface area contributed by atoms with E-state index < -0.39 is 17.6 Å². The van der Waals surface area contributed by atoms with E-state index in [2.05, 4.69) is 0 Å². The van der Waals surface area contributed by atoms with Crippen LogP contribution in [0.1, 0.15) is 17.5 Å². The first-order valence-electron chi connectivity index (χ1n) is 6.14. The van der Waals surface area contributed by atoms with Gasteiger partial charge in [-0.3, -0.25) is 4.79 Å². The lowest BCUT2D eigenvalue weighted by atomic mass is 10.1. The standard InChI is InChI=1S/C13H14F4N2O/c14-10-2-1-9(11(4-10)13(15,16)17)7-19-6-8(5-18)3-12(19)20/h1-2,4,8H,3,5-7,18H2. The molecule has 110 valence electrons. The molecule has 1 fully saturated rings. The third kappa shape index (κ3) is 3.09. The summed E-state index contributed by atoms with van der Waals surface area (Å²) in [4.78, 5) is 13.0. The summed E-state index contributed by atoms with van der Waals surface area (Å²) in [5.41, 5.74) is 4.32. The third-order valence-electron chi connectivity index (χ3n) is 3.37. The van der Waals surface area contributed by atoms with Gasteiger partial charge < -0.3 is 10.6 Å². The molecule has 1 amide bonds. The Morgan fingerprint density at radius 2 is 2.05 bits per heavy atom. The number of nitrogens with zero attached hydrogens (tertiary/aromatic N) is 1. The Hall–Kier alpha value is -1.63. The molecule has 2 N–H and O–H groups in total. The highest BCUT2D eigenvalue weighted by atomic mass is 19.4. The number of amides is 1. The van der Waals surface area contributed by atoms with Gasteiger partial charge in [-0.2, -0.15) is 13.2 Å². The Balaban J connectivity index is 2.24. The number of halogens is 4. The van der Waals surface area contributed by atoms with Crippen LogP contribution in [0.4, 0.5) is 17.6 Å². The third-order valence-corrected chi connectivity index (χ3v) is 3.37. The van der Waals surface area contributed by atoms with Gasteiger partial charge in [-0.15, -0.1) is 0 Å². The van der Waals surface area contributed by atoms with Gasteiger partial charge in [0.25, 0.3) is 0 Å². The molecule has 1 heterocycles. The number of likely N-dealkylation sites (tertiary alicyclic amines) is 1. The summed E-state index contributed by atoms with van der Waals surface area (Å²) < 4.78 is 51.5. The first-order chi connectivity index (χ1) is 9.31. The summed E-state index contributed by atoms with van der Waals surface area (Å²) in [5.74, 6) is -1.20. The molecule has 1 aromatic rings. The molecule has 1 unspecified atom stereocenters. The largest absolute Gasteiger partial charge is 0.416 e. The van der Waals surface area contributed by atoms with Gasteiger partial charge in [-0.25, -0.2) is 4.39 Å². The van der Waals surface area contributed by atoms with E-state index in [-0.39, 0.29) is 30.4 Å². The molecule has 0 radical (unpaired) electrons. The van der Waals surface area contributed by atoms with E-state index in [1.54, 1.807) is 0 Å². The maximum absolute atomic E-state index is 13.0. The highest BCUT2D eigenvalue weighted by molar-refractivity contribution is 5.78. The number of alkyl halides is 3. The van der Waals surface area contributed by atoms with Crippen LogP contribution < -0.4 is 5.73 Å². The van der Waals surface area contributed by atoms with E-state index in [1.165, 1.54) is 4.90 Å². The summed E-state index contributed by atoms with van der Waals surface area (Å²) in [5, 5.41) is 0. The predicted octanol–water partition coefficient (Wildman–Crippen LogP) is 2.15. The molecule has 1 aliphatic heterocycles. The second-order valence-corrected chi connectivity index (χ2v) is 4.88. The average molecular weight is 290 g/mol. The molecule has 20 heavy (non-hydrogen) atoms. The molecule has 1 aliphatic rings. The zero-order valence-electron chi connectivity index (χ0n) is 10.6. The van der Waals surface area contributed by atoms with Crippen molar-refractivity contribution in [3.05, 3.63) is 35.1 Å². The van der Waals surface area contributed by atoms with Crippen LogP contribution in [0.2, 0.25) is 0 Å². The van der Waals surface area contributed by atoms with E-state index in [4.69, 9.17) is 5.73 Å². The van der Waals surface area contributed by atoms with Crippen LogP contribution >= 0.6 is 0 Å². The maximum atomic E-state index is 13.0. The number of nitrogens with two attached hydrogens (primary N) is 1. The van der Waals surface area contributed by atoms with Crippen molar-refractivity contribution in [2.75, 3.05) is 13.1 Å². The van der Waals surface area contributed by atoms with Gasteiger partial charge in [0.1, 0.15) is 5.82 Å². The van der Waals surface area contributed by atoms with Crippen LogP contribution in [0.25, 0.3) is 0 Å². The van der Waals surface area contributed by atoms with Gasteiger partial charge in [0.2, 0.25) is 5.91 Å². The number of hydrogen-bond acceptors (Lipinski definition) is 2. The van der Waals surface area contributed by atoms with Gasteiger partial charge in [-0.1, -0.05) is 6.07 Å². The first kappa shape index (κ1) is 14.8. The lowest BCUT2D eigenvalue weighted by Gasteiger charge is -2.20. The zero-order chi connectivity index (χ0) is 14.9. The molecule has 1 aromatic carbocycles. The lowest BCUT2D eigenvalue weighted by molar-refractivity contribution is -0.139. The molecule has 0 spiro atoms. The minimum Gasteiger partial charge on any atom is -0.338 e. The molecular formula is C13H14F4N2O. The summed E-state index contributed by atoms with van der Waals surface area (Å²) in [7, 11) is 0. The van der Waals surface area contributed by atoms with Crippen molar-refractivity contribution < 1.29 is 22.4 Å². The van der Waals surface area contributed by atoms with Gasteiger partial charge in [0, 0.05) is 19.5 Å². The lowest BCUT2D eigenvalue weighted by Crippen LogP contribution is -2.27. The monoisotopic (exact) mass is 290 g/mol. The number of carbonyl (C=O) groups excluding carboxylic acids is 1. The first-order valence-corrected chi connectivity index (χ1v) is 6.14. The minimum absolute atomic E-state index is 0.0303. The smallest absolute Gasteiger partial charge is 0.338 e. The fourth-order valence-electron chi connectivity index (χ4n) is 2.32. The van der Waals surface area contributed by atoms with Crippen molar-refractivity contribution in [2.24, 2.45) is 11.7 Å². The van der Waals surface area contributed by atoms with Gasteiger partial charge in [0.05, 0.1) is 5.56 Å². The SMILES string of the molecule is NCC1CC(=O)N(Cc2ccc(F)cc2C(F)(F)F)C1. The molecule has 1 atom stereocenters. The molecule has 2 rings (SSSR count). The Labute approximate surface area is 113 Å². The Morgan fingerprint density at radius 1 is 1.35 bits per heavy atom. The fraction of sp³-hybridized carbons (Fsp3) is 0.462. The second-order valence-electron chi connectivity index (χ2n) is 4.88. The van der Waals surface area contributed by atoms with E-state index in [0.29, 0.717) is 19.2 Å². The van der Waals surface area contributed by atoms with E-state index in [0.717, 1.165) is 12.1 Å². The Bertz CT molecular complexity index is 516. The zero-order valence-corrected chi connectivity index (χ0v) is 10.6. The molecule has 0 aliphatic carbocycles. The van der Waals surface area contributed by atoms with Crippen LogP contribution in [0, 0.1) is 11.7 Å². The summed E-state index contributed by atoms with van der Waals surface area (Å²) in [6.07, 6.45) is -4.40. The fourth-order valence-corrected chi connectivity index (χ4v) is 2.32. The highest BCUT2D eigenvalue weighted by Crippen LogP contribution is 2.33. The summed E-state index contributed by atoms with van der Waals surface area (Å²) >= 11 is 0. The van der Waals surface area contributed by atoms with Crippen LogP contribution in [0.5, 0.6) is 0 Å². The van der Waals surface area contributed by atoms with Crippen LogP contribution in [-0.2, 0) is 17.5 Å². The van der Waals surface area contributed by atoms with Crippen molar-refractivity contribution in [1.29, 1.82) is 0 Å². The number of hydrogen-bond donors (Lipinski definition) is 1. The highest BCUT2D eigenvalue weighted by Gasteiger charge is 2.36. The van der Waals surface area contributed by atoms with E-state index >= 15 is 0 Å². The molecular weight excluding hydrogens is 276 g/mol. The number of rotatable bonds is 3. The normalized spacial score (nSPS) is 19.8. The van der Waals surface area contributed by atoms with Crippen LogP contribution in [0.15, 0.2) is 18.2 Å². The van der Waals surface area contributed by atoms with Gasteiger partial charge in [0.15, 0.2) is 0 Å².